The highest BCUT2D eigenvalue weighted by Crippen LogP contribution is 2.26. The summed E-state index contributed by atoms with van der Waals surface area (Å²) in [5.41, 5.74) is 7.66. The second-order valence-corrected chi connectivity index (χ2v) is 7.00. The summed E-state index contributed by atoms with van der Waals surface area (Å²) in [5, 5.41) is 8.21. The zero-order chi connectivity index (χ0) is 19.4. The molecule has 160 valence electrons. The van der Waals surface area contributed by atoms with Crippen molar-refractivity contribution in [3.05, 3.63) is 36.2 Å². The molecule has 3 aromatic rings. The number of hydrogen-bond donors (Lipinski definition) is 2. The smallest absolute Gasteiger partial charge is 0.252 e. The first-order valence-corrected chi connectivity index (χ1v) is 9.48. The second-order valence-electron chi connectivity index (χ2n) is 7.00. The molecule has 0 aliphatic rings. The van der Waals surface area contributed by atoms with Gasteiger partial charge in [0.25, 0.3) is 5.91 Å². The molecule has 3 rings (SSSR count). The summed E-state index contributed by atoms with van der Waals surface area (Å²) in [7, 11) is 0. The molecule has 0 fully saturated rings. The van der Waals surface area contributed by atoms with Crippen molar-refractivity contribution in [2.24, 2.45) is 5.73 Å². The Morgan fingerprint density at radius 3 is 2.69 bits per heavy atom. The van der Waals surface area contributed by atoms with Gasteiger partial charge in [0, 0.05) is 18.6 Å². The van der Waals surface area contributed by atoms with Gasteiger partial charge in [-0.05, 0) is 38.5 Å². The summed E-state index contributed by atoms with van der Waals surface area (Å²) in [6, 6.07) is 5.47. The Balaban J connectivity index is 0.00000210. The number of hydrogen-bond acceptors (Lipinski definition) is 5. The van der Waals surface area contributed by atoms with Crippen molar-refractivity contribution in [3.63, 3.8) is 0 Å². The zero-order valence-electron chi connectivity index (χ0n) is 16.9. The van der Waals surface area contributed by atoms with Crippen molar-refractivity contribution in [3.8, 4) is 11.5 Å². The molecule has 7 nitrogen and oxygen atoms in total. The molecule has 1 unspecified atom stereocenters. The van der Waals surface area contributed by atoms with Gasteiger partial charge in [-0.2, -0.15) is 5.10 Å². The number of fused-ring (bicyclic) bond motifs is 1. The molecule has 0 aliphatic carbocycles. The molecule has 0 aromatic carbocycles. The van der Waals surface area contributed by atoms with Crippen LogP contribution in [-0.2, 0) is 0 Å². The Hall–Kier alpha value is -2.09. The van der Waals surface area contributed by atoms with Gasteiger partial charge in [-0.3, -0.25) is 4.79 Å². The fourth-order valence-corrected chi connectivity index (χ4v) is 3.10. The fraction of sp³-hybridized carbons (Fsp3) is 0.450. The van der Waals surface area contributed by atoms with Crippen molar-refractivity contribution in [1.29, 1.82) is 0 Å². The number of furan rings is 1. The van der Waals surface area contributed by atoms with Crippen molar-refractivity contribution in [1.82, 2.24) is 20.1 Å². The molecule has 0 aliphatic heterocycles. The van der Waals surface area contributed by atoms with E-state index in [4.69, 9.17) is 15.1 Å². The lowest BCUT2D eigenvalue weighted by Gasteiger charge is -2.17. The van der Waals surface area contributed by atoms with Crippen LogP contribution in [0.15, 0.2) is 35.1 Å². The Bertz CT molecular complexity index is 909. The molecule has 9 heteroatoms. The lowest BCUT2D eigenvalue weighted by atomic mass is 10.1. The minimum Gasteiger partial charge on any atom is -0.463 e. The Labute approximate surface area is 183 Å². The SMILES string of the molecule is CCCCC(CN)NC(=O)c1cc(-c2ccco2)nc2c1cnn2C(C)C.Cl.Cl. The number of carbonyl (C=O) groups is 1. The topological polar surface area (TPSA) is 99.0 Å². The monoisotopic (exact) mass is 441 g/mol. The van der Waals surface area contributed by atoms with E-state index in [1.165, 1.54) is 0 Å². The summed E-state index contributed by atoms with van der Waals surface area (Å²) >= 11 is 0. The average Bonchev–Trinajstić information content (AvgIpc) is 3.33. The summed E-state index contributed by atoms with van der Waals surface area (Å²) in [6.45, 7) is 6.60. The summed E-state index contributed by atoms with van der Waals surface area (Å²) in [5.74, 6) is 0.453. The molecule has 0 radical (unpaired) electrons. The number of halogens is 2. The van der Waals surface area contributed by atoms with Gasteiger partial charge >= 0.3 is 0 Å². The third kappa shape index (κ3) is 5.50. The molecular formula is C20H29Cl2N5O2. The highest BCUT2D eigenvalue weighted by molar-refractivity contribution is 6.06. The third-order valence-corrected chi connectivity index (χ3v) is 4.60. The van der Waals surface area contributed by atoms with Crippen LogP contribution in [0.1, 0.15) is 56.4 Å². The molecule has 0 bridgehead atoms. The van der Waals surface area contributed by atoms with E-state index in [1.807, 2.05) is 24.6 Å². The van der Waals surface area contributed by atoms with E-state index in [0.717, 1.165) is 24.6 Å². The predicted octanol–water partition coefficient (Wildman–Crippen LogP) is 4.36. The highest BCUT2D eigenvalue weighted by Gasteiger charge is 2.21. The average molecular weight is 442 g/mol. The highest BCUT2D eigenvalue weighted by atomic mass is 35.5. The van der Waals surface area contributed by atoms with Gasteiger partial charge in [-0.1, -0.05) is 19.8 Å². The first-order chi connectivity index (χ1) is 13.0. The van der Waals surface area contributed by atoms with Crippen LogP contribution in [0.2, 0.25) is 0 Å². The van der Waals surface area contributed by atoms with E-state index in [1.54, 1.807) is 24.6 Å². The fourth-order valence-electron chi connectivity index (χ4n) is 3.10. The Morgan fingerprint density at radius 1 is 1.34 bits per heavy atom. The second kappa shape index (κ2) is 11.2. The van der Waals surface area contributed by atoms with Gasteiger partial charge in [0.2, 0.25) is 0 Å². The van der Waals surface area contributed by atoms with E-state index in [2.05, 4.69) is 17.3 Å². The standard InChI is InChI=1S/C20H27N5O2.2ClH/c1-4-5-7-14(11-21)23-20(26)15-10-17(18-8-6-9-27-18)24-19-16(15)12-22-25(19)13(2)3;;/h6,8-10,12-14H,4-5,7,11,21H2,1-3H3,(H,23,26);2*1H. The van der Waals surface area contributed by atoms with E-state index < -0.39 is 0 Å². The van der Waals surface area contributed by atoms with Crippen LogP contribution in [-0.4, -0.2) is 33.3 Å². The summed E-state index contributed by atoms with van der Waals surface area (Å²) < 4.78 is 7.31. The van der Waals surface area contributed by atoms with Crippen molar-refractivity contribution < 1.29 is 9.21 Å². The maximum Gasteiger partial charge on any atom is 0.252 e. The largest absolute Gasteiger partial charge is 0.463 e. The van der Waals surface area contributed by atoms with Crippen LogP contribution in [0.5, 0.6) is 0 Å². The van der Waals surface area contributed by atoms with E-state index in [0.29, 0.717) is 29.2 Å². The lowest BCUT2D eigenvalue weighted by molar-refractivity contribution is 0.0937. The number of unbranched alkanes of at least 4 members (excludes halogenated alkanes) is 1. The molecule has 3 aromatic heterocycles. The van der Waals surface area contributed by atoms with Gasteiger partial charge in [0.1, 0.15) is 5.69 Å². The maximum absolute atomic E-state index is 13.0. The van der Waals surface area contributed by atoms with Gasteiger partial charge in [-0.15, -0.1) is 24.8 Å². The molecule has 29 heavy (non-hydrogen) atoms. The van der Waals surface area contributed by atoms with Crippen LogP contribution < -0.4 is 11.1 Å². The maximum atomic E-state index is 13.0. The van der Waals surface area contributed by atoms with E-state index >= 15 is 0 Å². The lowest BCUT2D eigenvalue weighted by Crippen LogP contribution is -2.40. The summed E-state index contributed by atoms with van der Waals surface area (Å²) in [4.78, 5) is 17.7. The minimum atomic E-state index is -0.162. The van der Waals surface area contributed by atoms with Crippen LogP contribution >= 0.6 is 24.8 Å². The molecule has 0 spiro atoms. The molecule has 3 heterocycles. The van der Waals surface area contributed by atoms with Crippen molar-refractivity contribution >= 4 is 41.8 Å². The first kappa shape index (κ1) is 24.9. The third-order valence-electron chi connectivity index (χ3n) is 4.60. The van der Waals surface area contributed by atoms with E-state index in [9.17, 15) is 4.79 Å². The van der Waals surface area contributed by atoms with Gasteiger partial charge < -0.3 is 15.5 Å². The van der Waals surface area contributed by atoms with Crippen molar-refractivity contribution in [2.75, 3.05) is 6.54 Å². The number of carbonyl (C=O) groups excluding carboxylic acids is 1. The predicted molar refractivity (Wildman–Crippen MR) is 120 cm³/mol. The normalized spacial score (nSPS) is 11.8. The van der Waals surface area contributed by atoms with Crippen LogP contribution in [0, 0.1) is 0 Å². The zero-order valence-corrected chi connectivity index (χ0v) is 18.6. The molecule has 0 saturated heterocycles. The molecule has 1 amide bonds. The number of rotatable bonds is 8. The number of pyridine rings is 1. The van der Waals surface area contributed by atoms with Gasteiger partial charge in [0.05, 0.1) is 23.4 Å². The van der Waals surface area contributed by atoms with Crippen molar-refractivity contribution in [2.45, 2.75) is 52.1 Å². The quantitative estimate of drug-likeness (QED) is 0.540. The van der Waals surface area contributed by atoms with Gasteiger partial charge in [-0.25, -0.2) is 9.67 Å². The molecule has 1 atom stereocenters. The van der Waals surface area contributed by atoms with Crippen LogP contribution in [0.25, 0.3) is 22.5 Å². The summed E-state index contributed by atoms with van der Waals surface area (Å²) in [6.07, 6.45) is 6.25. The molecule has 3 N–H and O–H groups in total. The number of nitrogens with one attached hydrogen (secondary N) is 1. The van der Waals surface area contributed by atoms with Crippen LogP contribution in [0.3, 0.4) is 0 Å². The number of aromatic nitrogens is 3. The van der Waals surface area contributed by atoms with Crippen LogP contribution in [0.4, 0.5) is 0 Å². The van der Waals surface area contributed by atoms with E-state index in [-0.39, 0.29) is 42.8 Å². The number of nitrogens with zero attached hydrogens (tertiary/aromatic N) is 3. The van der Waals surface area contributed by atoms with Gasteiger partial charge in [0.15, 0.2) is 11.4 Å². The minimum absolute atomic E-state index is 0. The Kier molecular flexibility index (Phi) is 9.62. The molecule has 0 saturated carbocycles. The number of amides is 1. The number of nitrogens with two attached hydrogens (primary N) is 1. The first-order valence-electron chi connectivity index (χ1n) is 9.48. The molecular weight excluding hydrogens is 413 g/mol. The Morgan fingerprint density at radius 2 is 2.10 bits per heavy atom.